The molecule has 1 aromatic rings. The van der Waals surface area contributed by atoms with E-state index in [0.29, 0.717) is 10.7 Å². The van der Waals surface area contributed by atoms with Gasteiger partial charge in [-0.1, -0.05) is 12.8 Å². The van der Waals surface area contributed by atoms with E-state index in [-0.39, 0.29) is 0 Å². The van der Waals surface area contributed by atoms with Gasteiger partial charge in [0.1, 0.15) is 5.82 Å². The Morgan fingerprint density at radius 3 is 2.78 bits per heavy atom. The minimum absolute atomic E-state index is 0.369. The molecule has 0 saturated heterocycles. The summed E-state index contributed by atoms with van der Waals surface area (Å²) in [4.78, 5) is 8.43. The van der Waals surface area contributed by atoms with Crippen molar-refractivity contribution in [1.29, 1.82) is 0 Å². The fourth-order valence-electron chi connectivity index (χ4n) is 2.41. The van der Waals surface area contributed by atoms with Gasteiger partial charge in [-0.25, -0.2) is 10.8 Å². The van der Waals surface area contributed by atoms with Crippen LogP contribution >= 0.6 is 11.8 Å². The first-order valence-electron chi connectivity index (χ1n) is 6.28. The zero-order valence-corrected chi connectivity index (χ0v) is 11.8. The lowest BCUT2D eigenvalue weighted by molar-refractivity contribution is 0.638. The molecule has 1 aliphatic rings. The third-order valence-electron chi connectivity index (χ3n) is 3.63. The number of anilines is 2. The van der Waals surface area contributed by atoms with Crippen molar-refractivity contribution in [2.45, 2.75) is 37.4 Å². The molecule has 1 aliphatic carbocycles. The Kier molecular flexibility index (Phi) is 4.29. The predicted molar refractivity (Wildman–Crippen MR) is 77.8 cm³/mol. The Morgan fingerprint density at radius 2 is 2.17 bits per heavy atom. The Balaban J connectivity index is 2.05. The summed E-state index contributed by atoms with van der Waals surface area (Å²) in [5.74, 6) is 6.66. The first kappa shape index (κ1) is 13.4. The molecule has 0 aliphatic heterocycles. The maximum absolute atomic E-state index is 5.33. The molecule has 5 nitrogen and oxygen atoms in total. The van der Waals surface area contributed by atoms with E-state index in [1.54, 1.807) is 6.20 Å². The minimum atomic E-state index is 0.369. The summed E-state index contributed by atoms with van der Waals surface area (Å²) in [6, 6.07) is 0. The number of hydrazine groups is 1. The molecular formula is C12H21N5S. The van der Waals surface area contributed by atoms with Crippen LogP contribution in [0.5, 0.6) is 0 Å². The summed E-state index contributed by atoms with van der Waals surface area (Å²) in [5.41, 5.74) is 3.52. The van der Waals surface area contributed by atoms with Crippen LogP contribution in [0.1, 0.15) is 31.2 Å². The zero-order valence-electron chi connectivity index (χ0n) is 11.0. The van der Waals surface area contributed by atoms with E-state index < -0.39 is 0 Å². The topological polar surface area (TPSA) is 75.9 Å². The Morgan fingerprint density at radius 1 is 1.44 bits per heavy atom. The summed E-state index contributed by atoms with van der Waals surface area (Å²) < 4.78 is 0.369. The monoisotopic (exact) mass is 267 g/mol. The van der Waals surface area contributed by atoms with Crippen LogP contribution in [0.3, 0.4) is 0 Å². The van der Waals surface area contributed by atoms with Crippen LogP contribution in [0, 0.1) is 6.92 Å². The molecule has 0 spiro atoms. The molecule has 6 heteroatoms. The third kappa shape index (κ3) is 2.87. The van der Waals surface area contributed by atoms with Crippen molar-refractivity contribution in [2.24, 2.45) is 5.84 Å². The van der Waals surface area contributed by atoms with Crippen molar-refractivity contribution in [2.75, 3.05) is 23.5 Å². The third-order valence-corrected chi connectivity index (χ3v) is 5.05. The Labute approximate surface area is 112 Å². The van der Waals surface area contributed by atoms with Gasteiger partial charge in [-0.15, -0.1) is 0 Å². The molecule has 0 radical (unpaired) electrons. The number of thioether (sulfide) groups is 1. The molecule has 0 aromatic carbocycles. The summed E-state index contributed by atoms with van der Waals surface area (Å²) >= 11 is 1.97. The molecule has 0 bridgehead atoms. The molecule has 1 fully saturated rings. The molecule has 1 aromatic heterocycles. The lowest BCUT2D eigenvalue weighted by Crippen LogP contribution is -2.30. The van der Waals surface area contributed by atoms with Crippen molar-refractivity contribution >= 4 is 23.5 Å². The Hall–Kier alpha value is -1.01. The highest BCUT2D eigenvalue weighted by molar-refractivity contribution is 8.00. The van der Waals surface area contributed by atoms with E-state index >= 15 is 0 Å². The number of aromatic nitrogens is 2. The van der Waals surface area contributed by atoms with E-state index in [4.69, 9.17) is 5.84 Å². The van der Waals surface area contributed by atoms with E-state index in [2.05, 4.69) is 27.0 Å². The second-order valence-electron chi connectivity index (χ2n) is 4.82. The van der Waals surface area contributed by atoms with Gasteiger partial charge in [0, 0.05) is 23.1 Å². The van der Waals surface area contributed by atoms with Crippen LogP contribution in [0.4, 0.5) is 11.8 Å². The highest BCUT2D eigenvalue weighted by Gasteiger charge is 2.32. The summed E-state index contributed by atoms with van der Waals surface area (Å²) in [6.45, 7) is 2.96. The largest absolute Gasteiger partial charge is 0.368 e. The number of nitrogens with one attached hydrogen (secondary N) is 2. The van der Waals surface area contributed by atoms with Gasteiger partial charge in [-0.3, -0.25) is 5.43 Å². The van der Waals surface area contributed by atoms with Crippen LogP contribution in [-0.2, 0) is 0 Å². The SMILES string of the molecule is CSC1(CNc2nc(NN)ncc2C)CCCC1. The second kappa shape index (κ2) is 5.75. The quantitative estimate of drug-likeness (QED) is 0.560. The fourth-order valence-corrected chi connectivity index (χ4v) is 3.32. The highest BCUT2D eigenvalue weighted by atomic mass is 32.2. The molecule has 1 heterocycles. The maximum atomic E-state index is 5.33. The molecule has 0 atom stereocenters. The number of aryl methyl sites for hydroxylation is 1. The van der Waals surface area contributed by atoms with Gasteiger partial charge >= 0.3 is 0 Å². The minimum Gasteiger partial charge on any atom is -0.368 e. The highest BCUT2D eigenvalue weighted by Crippen LogP contribution is 2.40. The summed E-state index contributed by atoms with van der Waals surface area (Å²) in [5, 5.41) is 3.45. The summed E-state index contributed by atoms with van der Waals surface area (Å²) in [6.07, 6.45) is 9.22. The number of nitrogens with two attached hydrogens (primary N) is 1. The normalized spacial score (nSPS) is 17.7. The van der Waals surface area contributed by atoms with Crippen molar-refractivity contribution in [3.05, 3.63) is 11.8 Å². The molecule has 18 heavy (non-hydrogen) atoms. The van der Waals surface area contributed by atoms with Crippen LogP contribution in [0.2, 0.25) is 0 Å². The predicted octanol–water partition coefficient (Wildman–Crippen LogP) is 2.16. The van der Waals surface area contributed by atoms with Crippen molar-refractivity contribution in [3.8, 4) is 0 Å². The van der Waals surface area contributed by atoms with Crippen molar-refractivity contribution in [3.63, 3.8) is 0 Å². The van der Waals surface area contributed by atoms with E-state index in [9.17, 15) is 0 Å². The molecule has 100 valence electrons. The molecule has 2 rings (SSSR count). The number of nitrogens with zero attached hydrogens (tertiary/aromatic N) is 2. The van der Waals surface area contributed by atoms with Crippen LogP contribution in [0.25, 0.3) is 0 Å². The van der Waals surface area contributed by atoms with Gasteiger partial charge in [-0.2, -0.15) is 16.7 Å². The lowest BCUT2D eigenvalue weighted by Gasteiger charge is -2.27. The first-order valence-corrected chi connectivity index (χ1v) is 7.51. The molecule has 0 unspecified atom stereocenters. The molecule has 1 saturated carbocycles. The number of hydrogen-bond acceptors (Lipinski definition) is 6. The zero-order chi connectivity index (χ0) is 13.0. The Bertz CT molecular complexity index is 403. The van der Waals surface area contributed by atoms with Crippen LogP contribution < -0.4 is 16.6 Å². The molecule has 4 N–H and O–H groups in total. The van der Waals surface area contributed by atoms with Gasteiger partial charge in [0.05, 0.1) is 0 Å². The van der Waals surface area contributed by atoms with Crippen LogP contribution in [-0.4, -0.2) is 27.5 Å². The molecule has 0 amide bonds. The average molecular weight is 267 g/mol. The van der Waals surface area contributed by atoms with E-state index in [0.717, 1.165) is 17.9 Å². The second-order valence-corrected chi connectivity index (χ2v) is 6.09. The maximum Gasteiger partial charge on any atom is 0.239 e. The summed E-state index contributed by atoms with van der Waals surface area (Å²) in [7, 11) is 0. The van der Waals surface area contributed by atoms with E-state index in [1.807, 2.05) is 18.7 Å². The smallest absolute Gasteiger partial charge is 0.239 e. The number of nitrogen functional groups attached to an aromatic ring is 1. The average Bonchev–Trinajstić information content (AvgIpc) is 2.87. The fraction of sp³-hybridized carbons (Fsp3) is 0.667. The van der Waals surface area contributed by atoms with Gasteiger partial charge in [-0.05, 0) is 26.0 Å². The first-order chi connectivity index (χ1) is 8.69. The lowest BCUT2D eigenvalue weighted by atomic mass is 10.1. The van der Waals surface area contributed by atoms with Crippen molar-refractivity contribution in [1.82, 2.24) is 9.97 Å². The number of rotatable bonds is 5. The van der Waals surface area contributed by atoms with E-state index in [1.165, 1.54) is 25.7 Å². The van der Waals surface area contributed by atoms with Crippen LogP contribution in [0.15, 0.2) is 6.20 Å². The standard InChI is InChI=1S/C12H21N5S/c1-9-7-14-11(17-13)16-10(9)15-8-12(18-2)5-3-4-6-12/h7H,3-6,8,13H2,1-2H3,(H2,14,15,16,17). The van der Waals surface area contributed by atoms with Gasteiger partial charge in [0.2, 0.25) is 5.95 Å². The number of hydrogen-bond donors (Lipinski definition) is 3. The van der Waals surface area contributed by atoms with Gasteiger partial charge in [0.25, 0.3) is 0 Å². The van der Waals surface area contributed by atoms with Gasteiger partial charge < -0.3 is 5.32 Å². The molecular weight excluding hydrogens is 246 g/mol. The van der Waals surface area contributed by atoms with Gasteiger partial charge in [0.15, 0.2) is 0 Å². The van der Waals surface area contributed by atoms with Crippen molar-refractivity contribution < 1.29 is 0 Å².